The maximum absolute atomic E-state index is 13.1. The molecule has 3 N–H and O–H groups in total. The fourth-order valence-electron chi connectivity index (χ4n) is 11.9. The Labute approximate surface area is 588 Å². The number of phosphoric ester groups is 2. The van der Waals surface area contributed by atoms with E-state index in [9.17, 15) is 43.2 Å². The van der Waals surface area contributed by atoms with E-state index in [-0.39, 0.29) is 25.7 Å². The lowest BCUT2D eigenvalue weighted by Gasteiger charge is -2.21. The number of esters is 4. The second kappa shape index (κ2) is 70.1. The first-order valence-corrected chi connectivity index (χ1v) is 43.1. The lowest BCUT2D eigenvalue weighted by molar-refractivity contribution is -0.161. The van der Waals surface area contributed by atoms with Gasteiger partial charge >= 0.3 is 39.5 Å². The van der Waals surface area contributed by atoms with Gasteiger partial charge in [-0.3, -0.25) is 37.3 Å². The zero-order valence-corrected chi connectivity index (χ0v) is 64.3. The number of unbranched alkanes of at least 4 members (excludes halogenated alkanes) is 49. The van der Waals surface area contributed by atoms with Crippen LogP contribution in [0.2, 0.25) is 0 Å². The van der Waals surface area contributed by atoms with Gasteiger partial charge in [-0.05, 0) is 31.6 Å². The van der Waals surface area contributed by atoms with Gasteiger partial charge in [-0.25, -0.2) is 9.13 Å². The summed E-state index contributed by atoms with van der Waals surface area (Å²) in [5, 5.41) is 10.6. The third-order valence-electron chi connectivity index (χ3n) is 18.0. The molecule has 17 nitrogen and oxygen atoms in total. The molecule has 0 aliphatic carbocycles. The van der Waals surface area contributed by atoms with Crippen molar-refractivity contribution in [2.75, 3.05) is 39.6 Å². The van der Waals surface area contributed by atoms with Gasteiger partial charge in [0.2, 0.25) is 0 Å². The summed E-state index contributed by atoms with van der Waals surface area (Å²) < 4.78 is 68.4. The van der Waals surface area contributed by atoms with Crippen molar-refractivity contribution in [3.63, 3.8) is 0 Å². The van der Waals surface area contributed by atoms with Gasteiger partial charge in [-0.1, -0.05) is 356 Å². The lowest BCUT2D eigenvalue weighted by atomic mass is 10.0. The van der Waals surface area contributed by atoms with Gasteiger partial charge in [0.1, 0.15) is 19.3 Å². The van der Waals surface area contributed by atoms with E-state index in [0.717, 1.165) is 109 Å². The molecule has 0 rings (SSSR count). The van der Waals surface area contributed by atoms with Crippen LogP contribution >= 0.6 is 15.6 Å². The third-order valence-corrected chi connectivity index (χ3v) is 19.9. The molecule has 0 aromatic carbocycles. The molecule has 0 saturated heterocycles. The quantitative estimate of drug-likeness (QED) is 0.0222. The van der Waals surface area contributed by atoms with E-state index < -0.39 is 97.5 Å². The van der Waals surface area contributed by atoms with Crippen molar-refractivity contribution in [1.82, 2.24) is 0 Å². The zero-order chi connectivity index (χ0) is 70.5. The monoisotopic (exact) mass is 1410 g/mol. The molecule has 0 heterocycles. The molecule has 0 amide bonds. The maximum Gasteiger partial charge on any atom is 0.472 e. The molecule has 0 aromatic heterocycles. The summed E-state index contributed by atoms with van der Waals surface area (Å²) in [6.07, 6.45) is 59.9. The van der Waals surface area contributed by atoms with Crippen LogP contribution in [0.5, 0.6) is 0 Å². The number of hydrogen-bond acceptors (Lipinski definition) is 15. The summed E-state index contributed by atoms with van der Waals surface area (Å²) in [5.41, 5.74) is 0. The Morgan fingerprint density at radius 1 is 0.281 bits per heavy atom. The number of carbonyl (C=O) groups excluding carboxylic acids is 4. The molecular weight excluding hydrogens is 1260 g/mol. The van der Waals surface area contributed by atoms with Crippen molar-refractivity contribution in [3.8, 4) is 0 Å². The molecule has 96 heavy (non-hydrogen) atoms. The SMILES string of the molecule is CCCCCCCCCCCCCCCCCCCCC(=O)OC[C@H](COP(=O)(O)OC[C@@H](O)COP(=O)(O)OC[C@@H](COC(=O)CCCCCCCCC)OC(=O)CCCCCCCCCCCC)OC(=O)CCCCCCCCCCCCCCCCCCCCC(C)C. The van der Waals surface area contributed by atoms with Crippen molar-refractivity contribution in [2.45, 2.75) is 425 Å². The van der Waals surface area contributed by atoms with Crippen LogP contribution in [0.25, 0.3) is 0 Å². The number of aliphatic hydroxyl groups is 1. The Morgan fingerprint density at radius 3 is 0.708 bits per heavy atom. The highest BCUT2D eigenvalue weighted by molar-refractivity contribution is 7.47. The molecule has 0 aromatic rings. The van der Waals surface area contributed by atoms with Gasteiger partial charge in [0.25, 0.3) is 0 Å². The molecule has 570 valence electrons. The average Bonchev–Trinajstić information content (AvgIpc) is 2.13. The highest BCUT2D eigenvalue weighted by Gasteiger charge is 2.30. The number of hydrogen-bond donors (Lipinski definition) is 3. The highest BCUT2D eigenvalue weighted by Crippen LogP contribution is 2.45. The fraction of sp³-hybridized carbons (Fsp3) is 0.948. The van der Waals surface area contributed by atoms with Crippen molar-refractivity contribution in [3.05, 3.63) is 0 Å². The normalized spacial score (nSPS) is 13.9. The van der Waals surface area contributed by atoms with Crippen LogP contribution < -0.4 is 0 Å². The Hall–Kier alpha value is -1.94. The van der Waals surface area contributed by atoms with Crippen LogP contribution in [0.1, 0.15) is 407 Å². The van der Waals surface area contributed by atoms with Gasteiger partial charge in [0.05, 0.1) is 26.4 Å². The smallest absolute Gasteiger partial charge is 0.462 e. The minimum Gasteiger partial charge on any atom is -0.462 e. The van der Waals surface area contributed by atoms with Crippen LogP contribution in [0.15, 0.2) is 0 Å². The average molecular weight is 1410 g/mol. The van der Waals surface area contributed by atoms with E-state index in [1.54, 1.807) is 0 Å². The standard InChI is InChI=1S/C77H150O17P2/c1-6-9-12-15-18-20-22-23-24-25-29-32-35-38-42-46-51-56-61-75(80)88-67-73(94-77(82)63-58-53-48-43-39-36-33-30-27-26-28-31-34-37-40-45-49-54-59-70(4)5)69-92-96(85,86)90-65-71(78)64-89-95(83,84)91-68-72(66-87-74(79)60-55-50-44-17-14-11-8-3)93-76(81)62-57-52-47-41-21-19-16-13-10-7-2/h70-73,78H,6-69H2,1-5H3,(H,83,84)(H,85,86)/t71-,72+,73+/m0/s1. The summed E-state index contributed by atoms with van der Waals surface area (Å²) in [6, 6.07) is 0. The van der Waals surface area contributed by atoms with E-state index in [2.05, 4.69) is 34.6 Å². The molecule has 0 spiro atoms. The van der Waals surface area contributed by atoms with E-state index in [1.165, 1.54) is 218 Å². The Bertz CT molecular complexity index is 1840. The third kappa shape index (κ3) is 70.5. The Kier molecular flexibility index (Phi) is 68.7. The van der Waals surface area contributed by atoms with Crippen molar-refractivity contribution >= 4 is 39.5 Å². The number of carbonyl (C=O) groups is 4. The fourth-order valence-corrected chi connectivity index (χ4v) is 13.5. The molecular formula is C77H150O17P2. The molecule has 0 bridgehead atoms. The molecule has 19 heteroatoms. The van der Waals surface area contributed by atoms with Crippen molar-refractivity contribution in [2.24, 2.45) is 5.92 Å². The largest absolute Gasteiger partial charge is 0.472 e. The molecule has 2 unspecified atom stereocenters. The number of ether oxygens (including phenoxy) is 4. The summed E-state index contributed by atoms with van der Waals surface area (Å²) in [7, 11) is -9.90. The summed E-state index contributed by atoms with van der Waals surface area (Å²) >= 11 is 0. The first-order chi connectivity index (χ1) is 46.5. The molecule has 0 aliphatic heterocycles. The zero-order valence-electron chi connectivity index (χ0n) is 62.5. The van der Waals surface area contributed by atoms with Crippen molar-refractivity contribution < 1.29 is 80.2 Å². The summed E-state index contributed by atoms with van der Waals surface area (Å²) in [6.45, 7) is 7.28. The van der Waals surface area contributed by atoms with Crippen LogP contribution in [-0.2, 0) is 65.4 Å². The molecule has 5 atom stereocenters. The van der Waals surface area contributed by atoms with Crippen LogP contribution in [0.3, 0.4) is 0 Å². The second-order valence-electron chi connectivity index (χ2n) is 28.2. The molecule has 0 aliphatic rings. The molecule has 0 radical (unpaired) electrons. The number of rotatable bonds is 77. The molecule has 0 fully saturated rings. The second-order valence-corrected chi connectivity index (χ2v) is 31.1. The predicted octanol–water partition coefficient (Wildman–Crippen LogP) is 22.9. The number of phosphoric acid groups is 2. The van der Waals surface area contributed by atoms with E-state index in [4.69, 9.17) is 37.0 Å². The van der Waals surface area contributed by atoms with Crippen molar-refractivity contribution in [1.29, 1.82) is 0 Å². The van der Waals surface area contributed by atoms with E-state index >= 15 is 0 Å². The minimum absolute atomic E-state index is 0.106. The predicted molar refractivity (Wildman–Crippen MR) is 391 cm³/mol. The van der Waals surface area contributed by atoms with Gasteiger partial charge in [-0.15, -0.1) is 0 Å². The van der Waals surface area contributed by atoms with Crippen LogP contribution in [0.4, 0.5) is 0 Å². The van der Waals surface area contributed by atoms with Gasteiger partial charge in [-0.2, -0.15) is 0 Å². The van der Waals surface area contributed by atoms with Gasteiger partial charge in [0.15, 0.2) is 12.2 Å². The van der Waals surface area contributed by atoms with E-state index in [0.29, 0.717) is 25.7 Å². The summed E-state index contributed by atoms with van der Waals surface area (Å²) in [5.74, 6) is -1.30. The van der Waals surface area contributed by atoms with Gasteiger partial charge < -0.3 is 33.8 Å². The number of aliphatic hydroxyl groups excluding tert-OH is 1. The van der Waals surface area contributed by atoms with E-state index in [1.807, 2.05) is 0 Å². The Morgan fingerprint density at radius 2 is 0.479 bits per heavy atom. The lowest BCUT2D eigenvalue weighted by Crippen LogP contribution is -2.30. The first kappa shape index (κ1) is 94.1. The van der Waals surface area contributed by atoms with Crippen LogP contribution in [0, 0.1) is 5.92 Å². The van der Waals surface area contributed by atoms with Crippen LogP contribution in [-0.4, -0.2) is 96.7 Å². The topological polar surface area (TPSA) is 237 Å². The van der Waals surface area contributed by atoms with Gasteiger partial charge in [0, 0.05) is 25.7 Å². The minimum atomic E-state index is -4.96. The Balaban J connectivity index is 5.15. The summed E-state index contributed by atoms with van der Waals surface area (Å²) in [4.78, 5) is 72.6. The molecule has 0 saturated carbocycles. The first-order valence-electron chi connectivity index (χ1n) is 40.1. The maximum atomic E-state index is 13.1. The highest BCUT2D eigenvalue weighted by atomic mass is 31.2.